The third kappa shape index (κ3) is 6.21. The van der Waals surface area contributed by atoms with Crippen molar-refractivity contribution in [2.24, 2.45) is 11.8 Å². The fourth-order valence-electron chi connectivity index (χ4n) is 6.51. The van der Waals surface area contributed by atoms with Crippen molar-refractivity contribution in [2.75, 3.05) is 18.0 Å². The van der Waals surface area contributed by atoms with Crippen molar-refractivity contribution in [1.29, 1.82) is 0 Å². The summed E-state index contributed by atoms with van der Waals surface area (Å²) in [5.74, 6) is -0.556. The highest BCUT2D eigenvalue weighted by Crippen LogP contribution is 2.40. The molecular weight excluding hydrogens is 550 g/mol. The summed E-state index contributed by atoms with van der Waals surface area (Å²) in [4.78, 5) is 23.6. The lowest BCUT2D eigenvalue weighted by Gasteiger charge is -2.32. The number of imidazole rings is 1. The van der Waals surface area contributed by atoms with Gasteiger partial charge in [0, 0.05) is 42.5 Å². The molecule has 9 heteroatoms. The number of piperidine rings is 1. The predicted molar refractivity (Wildman–Crippen MR) is 161 cm³/mol. The predicted octanol–water partition coefficient (Wildman–Crippen LogP) is 7.24. The molecule has 1 N–H and O–H groups in total. The Hall–Kier alpha value is -4.01. The Kier molecular flexibility index (Phi) is 8.32. The fraction of sp³-hybridized carbons (Fsp3) is 0.441. The van der Waals surface area contributed by atoms with Crippen LogP contribution < -0.4 is 9.64 Å². The molecule has 0 spiro atoms. The van der Waals surface area contributed by atoms with Crippen LogP contribution in [0.15, 0.2) is 48.7 Å². The van der Waals surface area contributed by atoms with E-state index in [0.29, 0.717) is 46.9 Å². The van der Waals surface area contributed by atoms with E-state index in [-0.39, 0.29) is 30.6 Å². The lowest BCUT2D eigenvalue weighted by atomic mass is 9.78. The second kappa shape index (κ2) is 12.3. The molecule has 1 saturated heterocycles. The van der Waals surface area contributed by atoms with Crippen LogP contribution in [0.4, 0.5) is 14.5 Å². The number of ether oxygens (including phenoxy) is 1. The summed E-state index contributed by atoms with van der Waals surface area (Å²) in [5, 5.41) is 10.0. The first-order valence-electron chi connectivity index (χ1n) is 15.3. The Morgan fingerprint density at radius 1 is 1.02 bits per heavy atom. The summed E-state index contributed by atoms with van der Waals surface area (Å²) < 4.78 is 37.9. The van der Waals surface area contributed by atoms with Crippen LogP contribution in [0.3, 0.4) is 0 Å². The minimum atomic E-state index is -0.827. The summed E-state index contributed by atoms with van der Waals surface area (Å²) in [6.45, 7) is 6.02. The number of aromatic nitrogens is 3. The number of anilines is 1. The number of aliphatic carboxylic acids is 1. The topological polar surface area (TPSA) is 80.5 Å². The highest BCUT2D eigenvalue weighted by molar-refractivity contribution is 5.79. The zero-order valence-electron chi connectivity index (χ0n) is 24.7. The molecule has 2 aromatic heterocycles. The maximum Gasteiger partial charge on any atom is 0.307 e. The third-order valence-electron chi connectivity index (χ3n) is 9.11. The standard InChI is InChI=1S/C34H38F2N4O3/c1-21-11-13-39(14-12-21)24-8-7-23(28(35)16-24)19-40-32-17-25(43-20-31-29(36)15-22(2)18-37-31)9-10-30(32)38-33(40)26-5-3-4-6-27(26)34(41)42/h7-10,15-18,21,26-27H,3-6,11-14,19-20H2,1-2H3,(H,41,42). The maximum atomic E-state index is 15.7. The quantitative estimate of drug-likeness (QED) is 0.234. The molecule has 0 bridgehead atoms. The minimum absolute atomic E-state index is 0.0479. The Morgan fingerprint density at radius 3 is 2.56 bits per heavy atom. The van der Waals surface area contributed by atoms with E-state index in [0.717, 1.165) is 50.0 Å². The summed E-state index contributed by atoms with van der Waals surface area (Å²) >= 11 is 0. The average molecular weight is 589 g/mol. The number of nitrogens with zero attached hydrogens (tertiary/aromatic N) is 4. The first kappa shape index (κ1) is 29.1. The molecule has 2 aromatic carbocycles. The maximum absolute atomic E-state index is 15.7. The smallest absolute Gasteiger partial charge is 0.307 e. The van der Waals surface area contributed by atoms with Crippen LogP contribution in [0.25, 0.3) is 11.0 Å². The van der Waals surface area contributed by atoms with Gasteiger partial charge in [-0.1, -0.05) is 25.8 Å². The SMILES string of the molecule is Cc1cnc(COc2ccc3nc(C4CCCCC4C(=O)O)n(Cc4ccc(N5CCC(C)CC5)cc4F)c3c2)c(F)c1. The van der Waals surface area contributed by atoms with Crippen molar-refractivity contribution in [3.05, 3.63) is 82.9 Å². The van der Waals surface area contributed by atoms with Gasteiger partial charge in [0.2, 0.25) is 0 Å². The van der Waals surface area contributed by atoms with E-state index in [1.165, 1.54) is 6.07 Å². The zero-order chi connectivity index (χ0) is 30.1. The van der Waals surface area contributed by atoms with Gasteiger partial charge in [0.25, 0.3) is 0 Å². The lowest BCUT2D eigenvalue weighted by molar-refractivity contribution is -0.143. The number of carboxylic acid groups (broad SMARTS) is 1. The van der Waals surface area contributed by atoms with Crippen LogP contribution in [0.1, 0.15) is 74.0 Å². The van der Waals surface area contributed by atoms with Gasteiger partial charge < -0.3 is 19.3 Å². The van der Waals surface area contributed by atoms with Gasteiger partial charge in [-0.15, -0.1) is 0 Å². The number of hydrogen-bond donors (Lipinski definition) is 1. The van der Waals surface area contributed by atoms with Gasteiger partial charge in [-0.25, -0.2) is 13.8 Å². The van der Waals surface area contributed by atoms with Crippen molar-refractivity contribution in [1.82, 2.24) is 14.5 Å². The van der Waals surface area contributed by atoms with Crippen LogP contribution in [-0.4, -0.2) is 38.7 Å². The van der Waals surface area contributed by atoms with E-state index in [9.17, 15) is 14.3 Å². The fourth-order valence-corrected chi connectivity index (χ4v) is 6.51. The first-order valence-corrected chi connectivity index (χ1v) is 15.3. The van der Waals surface area contributed by atoms with Crippen LogP contribution in [0.5, 0.6) is 5.75 Å². The number of pyridine rings is 1. The summed E-state index contributed by atoms with van der Waals surface area (Å²) in [6.07, 6.45) is 6.86. The number of halogens is 2. The van der Waals surface area contributed by atoms with E-state index in [2.05, 4.69) is 16.8 Å². The van der Waals surface area contributed by atoms with E-state index < -0.39 is 17.7 Å². The highest BCUT2D eigenvalue weighted by atomic mass is 19.1. The molecule has 43 heavy (non-hydrogen) atoms. The molecule has 0 amide bonds. The molecule has 2 atom stereocenters. The highest BCUT2D eigenvalue weighted by Gasteiger charge is 2.35. The number of hydrogen-bond acceptors (Lipinski definition) is 5. The number of fused-ring (bicyclic) bond motifs is 1. The summed E-state index contributed by atoms with van der Waals surface area (Å²) in [7, 11) is 0. The molecule has 7 nitrogen and oxygen atoms in total. The van der Waals surface area contributed by atoms with Gasteiger partial charge in [-0.2, -0.15) is 0 Å². The van der Waals surface area contributed by atoms with Crippen molar-refractivity contribution >= 4 is 22.7 Å². The number of aryl methyl sites for hydroxylation is 1. The van der Waals surface area contributed by atoms with Gasteiger partial charge in [-0.3, -0.25) is 9.78 Å². The van der Waals surface area contributed by atoms with Gasteiger partial charge in [0.05, 0.1) is 23.5 Å². The van der Waals surface area contributed by atoms with Crippen LogP contribution in [-0.2, 0) is 17.9 Å². The molecule has 4 aromatic rings. The van der Waals surface area contributed by atoms with Gasteiger partial charge in [-0.05, 0) is 74.4 Å². The summed E-state index contributed by atoms with van der Waals surface area (Å²) in [6, 6.07) is 12.2. The number of carboxylic acids is 1. The van der Waals surface area contributed by atoms with E-state index >= 15 is 4.39 Å². The molecule has 1 aliphatic heterocycles. The third-order valence-corrected chi connectivity index (χ3v) is 9.11. The number of rotatable bonds is 8. The monoisotopic (exact) mass is 588 g/mol. The van der Waals surface area contributed by atoms with Crippen molar-refractivity contribution in [3.63, 3.8) is 0 Å². The molecular formula is C34H38F2N4O3. The molecule has 0 radical (unpaired) electrons. The van der Waals surface area contributed by atoms with Crippen molar-refractivity contribution < 1.29 is 23.4 Å². The Labute approximate surface area is 250 Å². The average Bonchev–Trinajstić information content (AvgIpc) is 3.35. The van der Waals surface area contributed by atoms with Crippen LogP contribution >= 0.6 is 0 Å². The van der Waals surface area contributed by atoms with E-state index in [1.807, 2.05) is 28.8 Å². The van der Waals surface area contributed by atoms with Crippen LogP contribution in [0.2, 0.25) is 0 Å². The van der Waals surface area contributed by atoms with Crippen molar-refractivity contribution in [3.8, 4) is 5.75 Å². The van der Waals surface area contributed by atoms with Gasteiger partial charge in [0.15, 0.2) is 0 Å². The Morgan fingerprint density at radius 2 is 1.81 bits per heavy atom. The Balaban J connectivity index is 1.35. The second-order valence-electron chi connectivity index (χ2n) is 12.2. The van der Waals surface area contributed by atoms with Gasteiger partial charge >= 0.3 is 5.97 Å². The summed E-state index contributed by atoms with van der Waals surface area (Å²) in [5.41, 5.74) is 3.72. The second-order valence-corrected chi connectivity index (χ2v) is 12.2. The first-order chi connectivity index (χ1) is 20.8. The lowest BCUT2D eigenvalue weighted by Crippen LogP contribution is -2.32. The van der Waals surface area contributed by atoms with Gasteiger partial charge in [0.1, 0.15) is 35.5 Å². The van der Waals surface area contributed by atoms with Crippen LogP contribution in [0, 0.1) is 30.4 Å². The van der Waals surface area contributed by atoms with E-state index in [4.69, 9.17) is 9.72 Å². The number of benzene rings is 2. The molecule has 1 aliphatic carbocycles. The molecule has 2 unspecified atom stereocenters. The molecule has 3 heterocycles. The molecule has 226 valence electrons. The molecule has 2 fully saturated rings. The molecule has 6 rings (SSSR count). The van der Waals surface area contributed by atoms with E-state index in [1.54, 1.807) is 25.3 Å². The van der Waals surface area contributed by atoms with Crippen molar-refractivity contribution in [2.45, 2.75) is 71.4 Å². The minimum Gasteiger partial charge on any atom is -0.487 e. The molecule has 2 aliphatic rings. The zero-order valence-corrected chi connectivity index (χ0v) is 24.7. The normalized spacial score (nSPS) is 19.6. The molecule has 1 saturated carbocycles. The largest absolute Gasteiger partial charge is 0.487 e. The Bertz CT molecular complexity index is 1630. The number of carbonyl (C=O) groups is 1.